The Balaban J connectivity index is 2.66. The van der Waals surface area contributed by atoms with Gasteiger partial charge in [-0.15, -0.1) is 0 Å². The number of hydrogen-bond donors (Lipinski definition) is 1. The number of hydrogen-bond acceptors (Lipinski definition) is 1. The Hall–Kier alpha value is 0.280. The first-order valence-electron chi connectivity index (χ1n) is 4.27. The molecule has 70 valence electrons. The smallest absolute Gasteiger partial charge is 0.149 e. The molecule has 1 aliphatic rings. The highest BCUT2D eigenvalue weighted by Crippen LogP contribution is 2.39. The van der Waals surface area contributed by atoms with Crippen molar-refractivity contribution in [2.24, 2.45) is 5.92 Å². The van der Waals surface area contributed by atoms with Crippen LogP contribution < -0.4 is 0 Å². The number of aliphatic hydroxyl groups is 1. The second-order valence-electron chi connectivity index (χ2n) is 3.32. The second-order valence-corrected chi connectivity index (χ2v) is 4.76. The molecule has 0 spiro atoms. The Morgan fingerprint density at radius 1 is 1.58 bits per heavy atom. The van der Waals surface area contributed by atoms with Gasteiger partial charge in [0.15, 0.2) is 0 Å². The standard InChI is InChI=1S/C9H14Cl2O/c1-7(12)9(10,11)8-5-3-2-4-6-8/h3,5,7-8,12H,2,4,6H2,1H3/t7-,8+/m1/s1. The third kappa shape index (κ3) is 2.15. The molecule has 0 aromatic heterocycles. The maximum atomic E-state index is 9.33. The SMILES string of the molecule is C[C@@H](O)C(Cl)(Cl)[C@H]1C=CCCC1. The van der Waals surface area contributed by atoms with E-state index in [1.165, 1.54) is 0 Å². The number of aliphatic hydroxyl groups excluding tert-OH is 1. The van der Waals surface area contributed by atoms with Gasteiger partial charge in [0.25, 0.3) is 0 Å². The molecule has 0 bridgehead atoms. The summed E-state index contributed by atoms with van der Waals surface area (Å²) in [4.78, 5) is 0. The fourth-order valence-electron chi connectivity index (χ4n) is 1.44. The maximum Gasteiger partial charge on any atom is 0.149 e. The van der Waals surface area contributed by atoms with E-state index in [1.807, 2.05) is 6.08 Å². The summed E-state index contributed by atoms with van der Waals surface area (Å²) in [6.07, 6.45) is 6.57. The first kappa shape index (κ1) is 10.4. The first-order chi connectivity index (χ1) is 5.55. The van der Waals surface area contributed by atoms with Crippen molar-refractivity contribution in [2.75, 3.05) is 0 Å². The highest BCUT2D eigenvalue weighted by Gasteiger charge is 2.38. The van der Waals surface area contributed by atoms with Crippen molar-refractivity contribution in [3.8, 4) is 0 Å². The molecule has 1 N–H and O–H groups in total. The van der Waals surface area contributed by atoms with E-state index in [2.05, 4.69) is 6.08 Å². The first-order valence-corrected chi connectivity index (χ1v) is 5.03. The molecule has 3 heteroatoms. The lowest BCUT2D eigenvalue weighted by Crippen LogP contribution is -2.36. The van der Waals surface area contributed by atoms with E-state index in [0.29, 0.717) is 0 Å². The number of halogens is 2. The summed E-state index contributed by atoms with van der Waals surface area (Å²) in [5.41, 5.74) is 0. The third-order valence-electron chi connectivity index (χ3n) is 2.31. The molecule has 0 saturated heterocycles. The van der Waals surface area contributed by atoms with E-state index in [-0.39, 0.29) is 5.92 Å². The molecule has 0 unspecified atom stereocenters. The Labute approximate surface area is 83.4 Å². The van der Waals surface area contributed by atoms with Crippen molar-refractivity contribution in [3.05, 3.63) is 12.2 Å². The molecule has 0 saturated carbocycles. The quantitative estimate of drug-likeness (QED) is 0.547. The summed E-state index contributed by atoms with van der Waals surface area (Å²) >= 11 is 12.0. The Morgan fingerprint density at radius 2 is 2.25 bits per heavy atom. The fourth-order valence-corrected chi connectivity index (χ4v) is 1.81. The summed E-state index contributed by atoms with van der Waals surface area (Å²) in [6.45, 7) is 1.63. The van der Waals surface area contributed by atoms with Gasteiger partial charge < -0.3 is 5.11 Å². The van der Waals surface area contributed by atoms with Crippen molar-refractivity contribution in [2.45, 2.75) is 36.6 Å². The molecule has 1 aliphatic carbocycles. The average Bonchev–Trinajstić information content (AvgIpc) is 2.06. The lowest BCUT2D eigenvalue weighted by atomic mass is 9.90. The van der Waals surface area contributed by atoms with Crippen LogP contribution in [0.2, 0.25) is 0 Å². The third-order valence-corrected chi connectivity index (χ3v) is 3.50. The van der Waals surface area contributed by atoms with Crippen LogP contribution in [0, 0.1) is 5.92 Å². The van der Waals surface area contributed by atoms with Crippen molar-refractivity contribution < 1.29 is 5.11 Å². The van der Waals surface area contributed by atoms with Crippen LogP contribution in [0.4, 0.5) is 0 Å². The van der Waals surface area contributed by atoms with E-state index < -0.39 is 10.4 Å². The minimum absolute atomic E-state index is 0.0922. The molecule has 1 nitrogen and oxygen atoms in total. The largest absolute Gasteiger partial charge is 0.390 e. The van der Waals surface area contributed by atoms with Crippen LogP contribution in [0.25, 0.3) is 0 Å². The number of allylic oxidation sites excluding steroid dienone is 2. The van der Waals surface area contributed by atoms with Gasteiger partial charge in [-0.1, -0.05) is 35.4 Å². The zero-order valence-corrected chi connectivity index (χ0v) is 8.65. The van der Waals surface area contributed by atoms with Crippen LogP contribution in [-0.2, 0) is 0 Å². The summed E-state index contributed by atoms with van der Waals surface area (Å²) < 4.78 is -1.02. The van der Waals surface area contributed by atoms with E-state index in [4.69, 9.17) is 23.2 Å². The predicted octanol–water partition coefficient (Wildman–Crippen LogP) is 2.90. The zero-order valence-electron chi connectivity index (χ0n) is 7.13. The monoisotopic (exact) mass is 208 g/mol. The van der Waals surface area contributed by atoms with Gasteiger partial charge in [-0.25, -0.2) is 0 Å². The Bertz CT molecular complexity index is 175. The van der Waals surface area contributed by atoms with Crippen molar-refractivity contribution >= 4 is 23.2 Å². The van der Waals surface area contributed by atoms with Crippen LogP contribution in [0.5, 0.6) is 0 Å². The lowest BCUT2D eigenvalue weighted by Gasteiger charge is -2.31. The highest BCUT2D eigenvalue weighted by atomic mass is 35.5. The van der Waals surface area contributed by atoms with E-state index >= 15 is 0 Å². The Morgan fingerprint density at radius 3 is 2.67 bits per heavy atom. The summed E-state index contributed by atoms with van der Waals surface area (Å²) in [5, 5.41) is 9.33. The van der Waals surface area contributed by atoms with Gasteiger partial charge in [-0.2, -0.15) is 0 Å². The minimum Gasteiger partial charge on any atom is -0.390 e. The molecule has 1 rings (SSSR count). The molecular formula is C9H14Cl2O. The molecule has 0 fully saturated rings. The maximum absolute atomic E-state index is 9.33. The van der Waals surface area contributed by atoms with Gasteiger partial charge >= 0.3 is 0 Å². The summed E-state index contributed by atoms with van der Waals surface area (Å²) in [6, 6.07) is 0. The van der Waals surface area contributed by atoms with Crippen LogP contribution in [0.1, 0.15) is 26.2 Å². The van der Waals surface area contributed by atoms with Crippen molar-refractivity contribution in [3.63, 3.8) is 0 Å². The van der Waals surface area contributed by atoms with E-state index in [1.54, 1.807) is 6.92 Å². The molecule has 0 aromatic rings. The zero-order chi connectivity index (χ0) is 9.19. The Kier molecular flexibility index (Phi) is 3.45. The van der Waals surface area contributed by atoms with Crippen LogP contribution in [0.15, 0.2) is 12.2 Å². The van der Waals surface area contributed by atoms with Gasteiger partial charge in [0.1, 0.15) is 4.33 Å². The van der Waals surface area contributed by atoms with Gasteiger partial charge in [-0.3, -0.25) is 0 Å². The van der Waals surface area contributed by atoms with E-state index in [0.717, 1.165) is 19.3 Å². The predicted molar refractivity (Wildman–Crippen MR) is 52.6 cm³/mol. The van der Waals surface area contributed by atoms with Crippen LogP contribution in [-0.4, -0.2) is 15.5 Å². The molecule has 0 heterocycles. The average molecular weight is 209 g/mol. The van der Waals surface area contributed by atoms with Gasteiger partial charge in [0, 0.05) is 5.92 Å². The molecular weight excluding hydrogens is 195 g/mol. The van der Waals surface area contributed by atoms with E-state index in [9.17, 15) is 5.11 Å². The summed E-state index contributed by atoms with van der Waals surface area (Å²) in [7, 11) is 0. The molecule has 0 aromatic carbocycles. The fraction of sp³-hybridized carbons (Fsp3) is 0.778. The number of rotatable bonds is 2. The summed E-state index contributed by atoms with van der Waals surface area (Å²) in [5.74, 6) is 0.0922. The van der Waals surface area contributed by atoms with Crippen LogP contribution >= 0.6 is 23.2 Å². The normalized spacial score (nSPS) is 27.2. The topological polar surface area (TPSA) is 20.2 Å². The highest BCUT2D eigenvalue weighted by molar-refractivity contribution is 6.49. The van der Waals surface area contributed by atoms with Crippen molar-refractivity contribution in [1.29, 1.82) is 0 Å². The molecule has 12 heavy (non-hydrogen) atoms. The molecule has 0 radical (unpaired) electrons. The molecule has 2 atom stereocenters. The number of alkyl halides is 2. The van der Waals surface area contributed by atoms with Gasteiger partial charge in [0.2, 0.25) is 0 Å². The van der Waals surface area contributed by atoms with Crippen LogP contribution in [0.3, 0.4) is 0 Å². The lowest BCUT2D eigenvalue weighted by molar-refractivity contribution is 0.154. The molecule has 0 aliphatic heterocycles. The second kappa shape index (κ2) is 3.99. The van der Waals surface area contributed by atoms with Gasteiger partial charge in [-0.05, 0) is 26.2 Å². The van der Waals surface area contributed by atoms with Crippen molar-refractivity contribution in [1.82, 2.24) is 0 Å². The van der Waals surface area contributed by atoms with Gasteiger partial charge in [0.05, 0.1) is 6.10 Å². The minimum atomic E-state index is -1.02. The molecule has 0 amide bonds.